The summed E-state index contributed by atoms with van der Waals surface area (Å²) in [7, 11) is 0. The molecule has 0 unspecified atom stereocenters. The number of pyridine rings is 2. The van der Waals surface area contributed by atoms with Crippen molar-refractivity contribution >= 4 is 10.9 Å². The van der Waals surface area contributed by atoms with Gasteiger partial charge in [-0.05, 0) is 29.8 Å². The summed E-state index contributed by atoms with van der Waals surface area (Å²) in [6, 6.07) is 23.2. The van der Waals surface area contributed by atoms with E-state index in [0.717, 1.165) is 22.5 Å². The van der Waals surface area contributed by atoms with Crippen LogP contribution in [0.2, 0.25) is 0 Å². The van der Waals surface area contributed by atoms with Crippen LogP contribution in [-0.4, -0.2) is 9.55 Å². The molecule has 2 aromatic carbocycles. The molecule has 0 aliphatic heterocycles. The maximum absolute atomic E-state index is 12.5. The van der Waals surface area contributed by atoms with Crippen molar-refractivity contribution in [3.63, 3.8) is 0 Å². The van der Waals surface area contributed by atoms with E-state index in [2.05, 4.69) is 9.55 Å². The fourth-order valence-electron chi connectivity index (χ4n) is 2.86. The molecule has 0 saturated heterocycles. The van der Waals surface area contributed by atoms with Crippen LogP contribution in [0.3, 0.4) is 0 Å². The second kappa shape index (κ2) is 5.54. The minimum Gasteiger partial charge on any atom is -0.307 e. The zero-order valence-electron chi connectivity index (χ0n) is 12.4. The maximum atomic E-state index is 12.5. The Labute approximate surface area is 133 Å². The molecule has 0 fully saturated rings. The van der Waals surface area contributed by atoms with Crippen molar-refractivity contribution in [1.29, 1.82) is 0 Å². The lowest BCUT2D eigenvalue weighted by atomic mass is 10.1. The molecule has 0 spiro atoms. The number of para-hydroxylation sites is 1. The first kappa shape index (κ1) is 13.5. The fourth-order valence-corrected chi connectivity index (χ4v) is 2.86. The van der Waals surface area contributed by atoms with Crippen LogP contribution < -0.4 is 5.43 Å². The Kier molecular flexibility index (Phi) is 3.24. The monoisotopic (exact) mass is 298 g/mol. The van der Waals surface area contributed by atoms with Crippen molar-refractivity contribution in [1.82, 2.24) is 9.55 Å². The van der Waals surface area contributed by atoms with Crippen LogP contribution in [0.4, 0.5) is 0 Å². The van der Waals surface area contributed by atoms with Gasteiger partial charge in [-0.2, -0.15) is 0 Å². The normalized spacial score (nSPS) is 10.8. The molecule has 4 rings (SSSR count). The Balaban J connectivity index is 2.16. The third-order valence-corrected chi connectivity index (χ3v) is 3.89. The summed E-state index contributed by atoms with van der Waals surface area (Å²) in [6.45, 7) is 0. The van der Waals surface area contributed by atoms with E-state index in [1.54, 1.807) is 12.3 Å². The molecule has 23 heavy (non-hydrogen) atoms. The summed E-state index contributed by atoms with van der Waals surface area (Å²) >= 11 is 0. The predicted molar refractivity (Wildman–Crippen MR) is 92.8 cm³/mol. The molecule has 3 heteroatoms. The minimum absolute atomic E-state index is 0.0274. The second-order valence-electron chi connectivity index (χ2n) is 5.32. The Morgan fingerprint density at radius 2 is 1.61 bits per heavy atom. The quantitative estimate of drug-likeness (QED) is 0.559. The van der Waals surface area contributed by atoms with Crippen LogP contribution in [0.1, 0.15) is 0 Å². The first-order valence-corrected chi connectivity index (χ1v) is 7.45. The highest BCUT2D eigenvalue weighted by Crippen LogP contribution is 2.26. The van der Waals surface area contributed by atoms with Crippen LogP contribution in [0.25, 0.3) is 27.8 Å². The molecule has 4 aromatic rings. The summed E-state index contributed by atoms with van der Waals surface area (Å²) in [5, 5.41) is 0.705. The van der Waals surface area contributed by atoms with Gasteiger partial charge in [-0.15, -0.1) is 0 Å². The van der Waals surface area contributed by atoms with Gasteiger partial charge in [-0.1, -0.05) is 42.5 Å². The number of hydrogen-bond acceptors (Lipinski definition) is 2. The van der Waals surface area contributed by atoms with Crippen molar-refractivity contribution < 1.29 is 0 Å². The summed E-state index contributed by atoms with van der Waals surface area (Å²) < 4.78 is 2.08. The van der Waals surface area contributed by atoms with Gasteiger partial charge >= 0.3 is 0 Å². The van der Waals surface area contributed by atoms with E-state index in [1.807, 2.05) is 72.9 Å². The first-order chi connectivity index (χ1) is 11.3. The van der Waals surface area contributed by atoms with E-state index in [0.29, 0.717) is 5.39 Å². The number of aromatic nitrogens is 2. The van der Waals surface area contributed by atoms with Crippen molar-refractivity contribution in [3.8, 4) is 16.9 Å². The van der Waals surface area contributed by atoms with E-state index in [4.69, 9.17) is 0 Å². The van der Waals surface area contributed by atoms with E-state index in [9.17, 15) is 4.79 Å². The number of benzene rings is 2. The number of fused-ring (bicyclic) bond motifs is 1. The van der Waals surface area contributed by atoms with E-state index in [1.165, 1.54) is 0 Å². The van der Waals surface area contributed by atoms with Gasteiger partial charge in [0.15, 0.2) is 5.43 Å². The number of nitrogens with zero attached hydrogens (tertiary/aromatic N) is 2. The summed E-state index contributed by atoms with van der Waals surface area (Å²) in [6.07, 6.45) is 3.56. The van der Waals surface area contributed by atoms with Gasteiger partial charge in [0.1, 0.15) is 0 Å². The first-order valence-electron chi connectivity index (χ1n) is 7.45. The molecule has 2 aromatic heterocycles. The van der Waals surface area contributed by atoms with Gasteiger partial charge < -0.3 is 4.57 Å². The smallest absolute Gasteiger partial charge is 0.190 e. The Morgan fingerprint density at radius 1 is 0.826 bits per heavy atom. The Bertz CT molecular complexity index is 1020. The molecule has 110 valence electrons. The molecule has 0 N–H and O–H groups in total. The van der Waals surface area contributed by atoms with Crippen LogP contribution in [-0.2, 0) is 0 Å². The van der Waals surface area contributed by atoms with Crippen molar-refractivity contribution in [2.75, 3.05) is 0 Å². The lowest BCUT2D eigenvalue weighted by molar-refractivity contribution is 1.08. The van der Waals surface area contributed by atoms with Crippen molar-refractivity contribution in [2.24, 2.45) is 0 Å². The van der Waals surface area contributed by atoms with E-state index < -0.39 is 0 Å². The van der Waals surface area contributed by atoms with E-state index in [-0.39, 0.29) is 5.43 Å². The van der Waals surface area contributed by atoms with Gasteiger partial charge in [0.05, 0.1) is 23.1 Å². The molecule has 0 radical (unpaired) electrons. The molecule has 2 heterocycles. The molecule has 0 amide bonds. The predicted octanol–water partition coefficient (Wildman–Crippen LogP) is 4.05. The number of hydrogen-bond donors (Lipinski definition) is 0. The molecule has 0 bridgehead atoms. The summed E-state index contributed by atoms with van der Waals surface area (Å²) in [5.41, 5.74) is 3.70. The molecule has 3 nitrogen and oxygen atoms in total. The Morgan fingerprint density at radius 3 is 2.39 bits per heavy atom. The lowest BCUT2D eigenvalue weighted by Gasteiger charge is -2.17. The zero-order valence-corrected chi connectivity index (χ0v) is 12.4. The van der Waals surface area contributed by atoms with Gasteiger partial charge in [0.2, 0.25) is 0 Å². The number of rotatable bonds is 2. The van der Waals surface area contributed by atoms with Crippen LogP contribution >= 0.6 is 0 Å². The average molecular weight is 298 g/mol. The highest BCUT2D eigenvalue weighted by molar-refractivity contribution is 5.84. The molecule has 0 aliphatic rings. The standard InChI is InChI=1S/C20H14N2O/c23-20-13-19(15-7-2-1-3-8-15)22(16-9-6-12-21-14-16)18-11-5-4-10-17(18)20/h1-14H. The SMILES string of the molecule is O=c1cc(-c2ccccc2)n(-c2cccnc2)c2ccccc12. The molecule has 0 atom stereocenters. The lowest BCUT2D eigenvalue weighted by Crippen LogP contribution is -2.10. The van der Waals surface area contributed by atoms with Crippen molar-refractivity contribution in [3.05, 3.63) is 95.4 Å². The largest absolute Gasteiger partial charge is 0.307 e. The third kappa shape index (κ3) is 2.32. The van der Waals surface area contributed by atoms with Gasteiger partial charge in [0, 0.05) is 17.6 Å². The Hall–Kier alpha value is -3.20. The molecule has 0 aliphatic carbocycles. The second-order valence-corrected chi connectivity index (χ2v) is 5.32. The third-order valence-electron chi connectivity index (χ3n) is 3.89. The van der Waals surface area contributed by atoms with Gasteiger partial charge in [-0.3, -0.25) is 9.78 Å². The summed E-state index contributed by atoms with van der Waals surface area (Å²) in [5.74, 6) is 0. The van der Waals surface area contributed by atoms with Crippen LogP contribution in [0.5, 0.6) is 0 Å². The zero-order chi connectivity index (χ0) is 15.6. The van der Waals surface area contributed by atoms with E-state index >= 15 is 0 Å². The van der Waals surface area contributed by atoms with Gasteiger partial charge in [0.25, 0.3) is 0 Å². The molecule has 0 saturated carbocycles. The summed E-state index contributed by atoms with van der Waals surface area (Å²) in [4.78, 5) is 16.8. The van der Waals surface area contributed by atoms with Crippen LogP contribution in [0.15, 0.2) is 90.0 Å². The molecular formula is C20H14N2O. The van der Waals surface area contributed by atoms with Crippen LogP contribution in [0, 0.1) is 0 Å². The topological polar surface area (TPSA) is 34.9 Å². The average Bonchev–Trinajstić information content (AvgIpc) is 2.63. The van der Waals surface area contributed by atoms with Crippen molar-refractivity contribution in [2.45, 2.75) is 0 Å². The maximum Gasteiger partial charge on any atom is 0.190 e. The minimum atomic E-state index is 0.0274. The fraction of sp³-hybridized carbons (Fsp3) is 0. The highest BCUT2D eigenvalue weighted by atomic mass is 16.1. The molecular weight excluding hydrogens is 284 g/mol. The van der Waals surface area contributed by atoms with Gasteiger partial charge in [-0.25, -0.2) is 0 Å². The highest BCUT2D eigenvalue weighted by Gasteiger charge is 2.12.